The number of sulfone groups is 1. The van der Waals surface area contributed by atoms with Gasteiger partial charge in [-0.05, 0) is 54.2 Å². The van der Waals surface area contributed by atoms with Gasteiger partial charge in [-0.3, -0.25) is 0 Å². The van der Waals surface area contributed by atoms with Crippen molar-refractivity contribution in [2.24, 2.45) is 5.92 Å². The van der Waals surface area contributed by atoms with Crippen LogP contribution in [0.4, 0.5) is 8.78 Å². The molecule has 2 heterocycles. The number of halogens is 2. The third kappa shape index (κ3) is 4.24. The Hall–Kier alpha value is -2.54. The molecule has 152 valence electrons. The Morgan fingerprint density at radius 2 is 1.79 bits per heavy atom. The standard InChI is InChI=1S/C22H22F2N2O2S/c23-21(24)20-14-19-18(10-12-25-22(19)26-20)16-6-8-17(9-7-16)29(27,28)13-11-15-4-2-1-3-5-15/h6-15,21H,1-5H2,(H,25,26)/b13-11-. The van der Waals surface area contributed by atoms with E-state index in [0.29, 0.717) is 17.0 Å². The van der Waals surface area contributed by atoms with Crippen molar-refractivity contribution in [2.75, 3.05) is 0 Å². The van der Waals surface area contributed by atoms with E-state index in [2.05, 4.69) is 9.97 Å². The first-order chi connectivity index (χ1) is 13.9. The third-order valence-electron chi connectivity index (χ3n) is 5.46. The van der Waals surface area contributed by atoms with Gasteiger partial charge in [0.15, 0.2) is 9.84 Å². The van der Waals surface area contributed by atoms with E-state index in [1.807, 2.05) is 6.08 Å². The lowest BCUT2D eigenvalue weighted by Crippen LogP contribution is -2.04. The van der Waals surface area contributed by atoms with Crippen molar-refractivity contribution >= 4 is 20.9 Å². The summed E-state index contributed by atoms with van der Waals surface area (Å²) in [6, 6.07) is 9.64. The molecule has 0 atom stereocenters. The normalized spacial score (nSPS) is 16.2. The van der Waals surface area contributed by atoms with Crippen molar-refractivity contribution < 1.29 is 17.2 Å². The minimum absolute atomic E-state index is 0.188. The average Bonchev–Trinajstić information content (AvgIpc) is 3.18. The molecule has 2 aromatic heterocycles. The van der Waals surface area contributed by atoms with Crippen LogP contribution in [0.2, 0.25) is 0 Å². The van der Waals surface area contributed by atoms with Crippen molar-refractivity contribution in [3.05, 3.63) is 59.8 Å². The highest BCUT2D eigenvalue weighted by Gasteiger charge is 2.16. The highest BCUT2D eigenvalue weighted by atomic mass is 32.2. The molecule has 4 nitrogen and oxygen atoms in total. The fourth-order valence-corrected chi connectivity index (χ4v) is 4.96. The minimum atomic E-state index is -3.51. The van der Waals surface area contributed by atoms with Gasteiger partial charge in [0.1, 0.15) is 5.65 Å². The first kappa shape index (κ1) is 19.8. The van der Waals surface area contributed by atoms with Crippen LogP contribution in [0.25, 0.3) is 22.2 Å². The van der Waals surface area contributed by atoms with Crippen LogP contribution >= 0.6 is 0 Å². The Balaban J connectivity index is 1.61. The van der Waals surface area contributed by atoms with Crippen LogP contribution in [-0.4, -0.2) is 18.4 Å². The summed E-state index contributed by atoms with van der Waals surface area (Å²) in [7, 11) is -3.51. The molecule has 29 heavy (non-hydrogen) atoms. The van der Waals surface area contributed by atoms with Crippen molar-refractivity contribution in [3.8, 4) is 11.1 Å². The molecular formula is C22H22F2N2O2S. The van der Waals surface area contributed by atoms with E-state index in [9.17, 15) is 17.2 Å². The summed E-state index contributed by atoms with van der Waals surface area (Å²) in [5, 5.41) is 1.90. The summed E-state index contributed by atoms with van der Waals surface area (Å²) in [6.07, 6.45) is 6.36. The summed E-state index contributed by atoms with van der Waals surface area (Å²) >= 11 is 0. The molecule has 1 aliphatic carbocycles. The molecule has 3 aromatic rings. The van der Waals surface area contributed by atoms with Crippen LogP contribution in [0.5, 0.6) is 0 Å². The zero-order chi connectivity index (χ0) is 20.4. The van der Waals surface area contributed by atoms with Crippen molar-refractivity contribution in [2.45, 2.75) is 43.4 Å². The molecule has 1 N–H and O–H groups in total. The van der Waals surface area contributed by atoms with Crippen molar-refractivity contribution in [3.63, 3.8) is 0 Å². The highest BCUT2D eigenvalue weighted by Crippen LogP contribution is 2.32. The maximum atomic E-state index is 13.0. The summed E-state index contributed by atoms with van der Waals surface area (Å²) in [6.45, 7) is 0. The molecule has 4 rings (SSSR count). The zero-order valence-corrected chi connectivity index (χ0v) is 16.6. The van der Waals surface area contributed by atoms with Gasteiger partial charge in [-0.25, -0.2) is 22.2 Å². The van der Waals surface area contributed by atoms with Crippen molar-refractivity contribution in [1.82, 2.24) is 9.97 Å². The SMILES string of the molecule is O=S(=O)(/C=C\C1CCCCC1)c1ccc(-c2ccnc3[nH]c(C(F)F)cc23)cc1. The van der Waals surface area contributed by atoms with Gasteiger partial charge in [0.25, 0.3) is 6.43 Å². The molecule has 1 fully saturated rings. The molecule has 0 saturated heterocycles. The number of fused-ring (bicyclic) bond motifs is 1. The second-order valence-corrected chi connectivity index (χ2v) is 9.28. The molecule has 1 aromatic carbocycles. The molecule has 7 heteroatoms. The quantitative estimate of drug-likeness (QED) is 0.552. The first-order valence-electron chi connectivity index (χ1n) is 9.73. The number of aromatic amines is 1. The maximum Gasteiger partial charge on any atom is 0.278 e. The Bertz CT molecular complexity index is 1130. The van der Waals surface area contributed by atoms with Gasteiger partial charge in [0.2, 0.25) is 0 Å². The van der Waals surface area contributed by atoms with Crippen LogP contribution in [0, 0.1) is 5.92 Å². The number of pyridine rings is 1. The number of rotatable bonds is 5. The summed E-state index contributed by atoms with van der Waals surface area (Å²) in [4.78, 5) is 6.95. The van der Waals surface area contributed by atoms with E-state index in [-0.39, 0.29) is 10.6 Å². The lowest BCUT2D eigenvalue weighted by atomic mass is 9.90. The lowest BCUT2D eigenvalue weighted by Gasteiger charge is -2.17. The summed E-state index contributed by atoms with van der Waals surface area (Å²) < 4.78 is 51.3. The molecular weight excluding hydrogens is 394 g/mol. The number of alkyl halides is 2. The molecule has 0 unspecified atom stereocenters. The van der Waals surface area contributed by atoms with E-state index >= 15 is 0 Å². The maximum absolute atomic E-state index is 13.0. The Labute approximate surface area is 168 Å². The summed E-state index contributed by atoms with van der Waals surface area (Å²) in [5.41, 5.74) is 1.66. The van der Waals surface area contributed by atoms with Crippen LogP contribution in [0.15, 0.2) is 59.0 Å². The van der Waals surface area contributed by atoms with E-state index in [0.717, 1.165) is 36.8 Å². The molecule has 0 radical (unpaired) electrons. The van der Waals surface area contributed by atoms with Gasteiger partial charge >= 0.3 is 0 Å². The lowest BCUT2D eigenvalue weighted by molar-refractivity contribution is 0.147. The predicted octanol–water partition coefficient (Wildman–Crippen LogP) is 6.04. The smallest absolute Gasteiger partial charge is 0.278 e. The highest BCUT2D eigenvalue weighted by molar-refractivity contribution is 7.94. The molecule has 0 aliphatic heterocycles. The fourth-order valence-electron chi connectivity index (χ4n) is 3.86. The number of nitrogens with one attached hydrogen (secondary N) is 1. The van der Waals surface area contributed by atoms with Gasteiger partial charge < -0.3 is 4.98 Å². The summed E-state index contributed by atoms with van der Waals surface area (Å²) in [5.74, 6) is 0.334. The van der Waals surface area contributed by atoms with Gasteiger partial charge in [0.05, 0.1) is 10.6 Å². The molecule has 1 saturated carbocycles. The second kappa shape index (κ2) is 8.06. The van der Waals surface area contributed by atoms with Gasteiger partial charge in [-0.1, -0.05) is 37.5 Å². The first-order valence-corrected chi connectivity index (χ1v) is 11.3. The third-order valence-corrected chi connectivity index (χ3v) is 6.91. The molecule has 0 spiro atoms. The number of nitrogens with zero attached hydrogens (tertiary/aromatic N) is 1. The van der Waals surface area contributed by atoms with Crippen LogP contribution in [0.3, 0.4) is 0 Å². The van der Waals surface area contributed by atoms with E-state index < -0.39 is 16.3 Å². The molecule has 0 bridgehead atoms. The average molecular weight is 416 g/mol. The number of aromatic nitrogens is 2. The predicted molar refractivity (Wildman–Crippen MR) is 109 cm³/mol. The monoisotopic (exact) mass is 416 g/mol. The number of H-pyrrole nitrogens is 1. The number of hydrogen-bond donors (Lipinski definition) is 1. The largest absolute Gasteiger partial charge is 0.338 e. The van der Waals surface area contributed by atoms with Gasteiger partial charge in [-0.2, -0.15) is 0 Å². The molecule has 0 amide bonds. The Morgan fingerprint density at radius 3 is 2.48 bits per heavy atom. The van der Waals surface area contributed by atoms with E-state index in [4.69, 9.17) is 0 Å². The Morgan fingerprint density at radius 1 is 1.07 bits per heavy atom. The zero-order valence-electron chi connectivity index (χ0n) is 15.8. The van der Waals surface area contributed by atoms with Crippen molar-refractivity contribution in [1.29, 1.82) is 0 Å². The Kier molecular flexibility index (Phi) is 5.50. The van der Waals surface area contributed by atoms with E-state index in [1.165, 1.54) is 17.9 Å². The van der Waals surface area contributed by atoms with Gasteiger partial charge in [-0.15, -0.1) is 0 Å². The second-order valence-electron chi connectivity index (χ2n) is 7.44. The van der Waals surface area contributed by atoms with Gasteiger partial charge in [0, 0.05) is 17.0 Å². The van der Waals surface area contributed by atoms with Crippen LogP contribution in [-0.2, 0) is 9.84 Å². The fraction of sp³-hybridized carbons (Fsp3) is 0.318. The minimum Gasteiger partial charge on any atom is -0.338 e. The molecule has 1 aliphatic rings. The van der Waals surface area contributed by atoms with E-state index in [1.54, 1.807) is 36.5 Å². The van der Waals surface area contributed by atoms with Crippen LogP contribution in [0.1, 0.15) is 44.2 Å². The topological polar surface area (TPSA) is 62.8 Å². The number of hydrogen-bond acceptors (Lipinski definition) is 3. The number of benzene rings is 1. The van der Waals surface area contributed by atoms with Crippen LogP contribution < -0.4 is 0 Å². The number of allylic oxidation sites excluding steroid dienone is 1.